The molecule has 0 aromatic carbocycles. The van der Waals surface area contributed by atoms with Gasteiger partial charge in [0, 0.05) is 6.42 Å². The molecule has 0 heterocycles. The first-order chi connectivity index (χ1) is 13.7. The number of carbonyl (C=O) groups is 1. The van der Waals surface area contributed by atoms with Crippen molar-refractivity contribution in [1.82, 2.24) is 0 Å². The zero-order valence-electron chi connectivity index (χ0n) is 18.9. The summed E-state index contributed by atoms with van der Waals surface area (Å²) in [6.45, 7) is 7.12. The molecule has 0 aromatic rings. The Labute approximate surface area is 176 Å². The smallest absolute Gasteiger partial charge is 0.305 e. The van der Waals surface area contributed by atoms with E-state index in [-0.39, 0.29) is 23.6 Å². The minimum atomic E-state index is -0.246. The lowest BCUT2D eigenvalue weighted by atomic mass is 9.43. The van der Waals surface area contributed by atoms with E-state index in [1.807, 2.05) is 0 Å². The largest absolute Gasteiger partial charge is 0.469 e. The van der Waals surface area contributed by atoms with Crippen LogP contribution >= 0.6 is 0 Å². The quantitative estimate of drug-likeness (QED) is 0.671. The van der Waals surface area contributed by atoms with Crippen molar-refractivity contribution in [2.24, 2.45) is 46.3 Å². The Morgan fingerprint density at radius 1 is 1.07 bits per heavy atom. The summed E-state index contributed by atoms with van der Waals surface area (Å²) in [6.07, 6.45) is 9.86. The molecule has 0 amide bonds. The molecule has 10 atom stereocenters. The maximum absolute atomic E-state index is 11.6. The zero-order valence-corrected chi connectivity index (χ0v) is 18.9. The second-order valence-corrected chi connectivity index (χ2v) is 11.5. The normalized spacial score (nSPS) is 50.2. The average molecular weight is 407 g/mol. The summed E-state index contributed by atoms with van der Waals surface area (Å²) < 4.78 is 4.85. The molecule has 4 nitrogen and oxygen atoms in total. The van der Waals surface area contributed by atoms with Crippen LogP contribution in [0.2, 0.25) is 0 Å². The van der Waals surface area contributed by atoms with Crippen molar-refractivity contribution in [2.75, 3.05) is 7.11 Å². The molecule has 0 aromatic heterocycles. The number of hydrogen-bond acceptors (Lipinski definition) is 4. The Bertz CT molecular complexity index is 620. The highest BCUT2D eigenvalue weighted by atomic mass is 16.5. The number of hydrogen-bond donors (Lipinski definition) is 2. The van der Waals surface area contributed by atoms with E-state index in [0.29, 0.717) is 41.4 Å². The van der Waals surface area contributed by atoms with Gasteiger partial charge in [-0.2, -0.15) is 0 Å². The molecule has 0 unspecified atom stereocenters. The molecule has 4 fully saturated rings. The van der Waals surface area contributed by atoms with E-state index < -0.39 is 0 Å². The third-order valence-corrected chi connectivity index (χ3v) is 10.5. The van der Waals surface area contributed by atoms with Gasteiger partial charge in [0.15, 0.2) is 0 Å². The Balaban J connectivity index is 1.53. The molecular formula is C25H42O4. The van der Waals surface area contributed by atoms with Crippen molar-refractivity contribution in [3.63, 3.8) is 0 Å². The van der Waals surface area contributed by atoms with Gasteiger partial charge in [0.05, 0.1) is 19.3 Å². The number of esters is 1. The van der Waals surface area contributed by atoms with Crippen LogP contribution in [0.1, 0.15) is 85.0 Å². The number of fused-ring (bicyclic) bond motifs is 5. The van der Waals surface area contributed by atoms with Crippen LogP contribution in [0.25, 0.3) is 0 Å². The number of ether oxygens (including phenoxy) is 1. The van der Waals surface area contributed by atoms with Crippen LogP contribution in [0.4, 0.5) is 0 Å². The molecule has 29 heavy (non-hydrogen) atoms. The number of rotatable bonds is 4. The topological polar surface area (TPSA) is 66.8 Å². The molecule has 0 spiro atoms. The molecule has 4 saturated carbocycles. The predicted molar refractivity (Wildman–Crippen MR) is 113 cm³/mol. The van der Waals surface area contributed by atoms with Crippen molar-refractivity contribution in [1.29, 1.82) is 0 Å². The Hall–Kier alpha value is -0.610. The second-order valence-electron chi connectivity index (χ2n) is 11.5. The summed E-state index contributed by atoms with van der Waals surface area (Å²) >= 11 is 0. The van der Waals surface area contributed by atoms with Gasteiger partial charge in [0.1, 0.15) is 0 Å². The van der Waals surface area contributed by atoms with Crippen LogP contribution in [0.3, 0.4) is 0 Å². The van der Waals surface area contributed by atoms with Crippen LogP contribution in [0.15, 0.2) is 0 Å². The fourth-order valence-electron chi connectivity index (χ4n) is 8.81. The van der Waals surface area contributed by atoms with Crippen LogP contribution in [-0.4, -0.2) is 35.5 Å². The minimum Gasteiger partial charge on any atom is -0.469 e. The van der Waals surface area contributed by atoms with Gasteiger partial charge in [-0.15, -0.1) is 0 Å². The minimum absolute atomic E-state index is 0.0198. The highest BCUT2D eigenvalue weighted by Gasteiger charge is 2.63. The summed E-state index contributed by atoms with van der Waals surface area (Å²) in [5, 5.41) is 21.8. The van der Waals surface area contributed by atoms with Gasteiger partial charge < -0.3 is 14.9 Å². The van der Waals surface area contributed by atoms with E-state index in [1.54, 1.807) is 0 Å². The molecule has 4 aliphatic carbocycles. The number of aliphatic hydroxyl groups excluding tert-OH is 2. The van der Waals surface area contributed by atoms with Gasteiger partial charge in [-0.25, -0.2) is 0 Å². The SMILES string of the molecule is COC(=O)CC[C@H](C)[C@@H]1CC[C@@H]2[C@@H]3CC[C@@H]4C[C@H](O)CC[C@]4(C)[C@H]3C[C@H](O)[C@@]21C. The molecule has 4 heteroatoms. The number of aliphatic hydroxyl groups is 2. The van der Waals surface area contributed by atoms with Crippen molar-refractivity contribution in [2.45, 2.75) is 97.2 Å². The molecule has 0 saturated heterocycles. The van der Waals surface area contributed by atoms with Gasteiger partial charge in [0.25, 0.3) is 0 Å². The van der Waals surface area contributed by atoms with Crippen molar-refractivity contribution < 1.29 is 19.7 Å². The standard InChI is InChI=1S/C25H42O4/c1-15(5-10-23(28)29-4)19-8-9-20-18-7-6-16-13-17(26)11-12-24(16,2)21(18)14-22(27)25(19,20)3/h15-22,26-27H,5-14H2,1-4H3/t15-,16+,17+,18-,19-,20+,21-,22-,24-,25+/m0/s1. The van der Waals surface area contributed by atoms with E-state index in [0.717, 1.165) is 38.0 Å². The maximum Gasteiger partial charge on any atom is 0.305 e. The van der Waals surface area contributed by atoms with Gasteiger partial charge in [-0.05, 0) is 104 Å². The van der Waals surface area contributed by atoms with Gasteiger partial charge >= 0.3 is 5.97 Å². The fourth-order valence-corrected chi connectivity index (χ4v) is 8.81. The van der Waals surface area contributed by atoms with Crippen LogP contribution < -0.4 is 0 Å². The lowest BCUT2D eigenvalue weighted by Gasteiger charge is -2.62. The summed E-state index contributed by atoms with van der Waals surface area (Å²) in [6, 6.07) is 0. The molecular weight excluding hydrogens is 364 g/mol. The van der Waals surface area contributed by atoms with Crippen LogP contribution in [0.5, 0.6) is 0 Å². The van der Waals surface area contributed by atoms with Crippen LogP contribution in [0, 0.1) is 46.3 Å². The van der Waals surface area contributed by atoms with Crippen molar-refractivity contribution >= 4 is 5.97 Å². The molecule has 0 aliphatic heterocycles. The molecule has 4 aliphatic rings. The fraction of sp³-hybridized carbons (Fsp3) is 0.960. The Morgan fingerprint density at radius 2 is 1.83 bits per heavy atom. The summed E-state index contributed by atoms with van der Waals surface area (Å²) in [5.41, 5.74) is 0.271. The van der Waals surface area contributed by atoms with Crippen molar-refractivity contribution in [3.8, 4) is 0 Å². The van der Waals surface area contributed by atoms with Crippen LogP contribution in [-0.2, 0) is 9.53 Å². The Kier molecular flexibility index (Phi) is 5.83. The zero-order chi connectivity index (χ0) is 21.0. The highest BCUT2D eigenvalue weighted by molar-refractivity contribution is 5.69. The van der Waals surface area contributed by atoms with E-state index in [9.17, 15) is 15.0 Å². The van der Waals surface area contributed by atoms with E-state index in [1.165, 1.54) is 32.8 Å². The van der Waals surface area contributed by atoms with Crippen molar-refractivity contribution in [3.05, 3.63) is 0 Å². The molecule has 0 radical (unpaired) electrons. The molecule has 0 bridgehead atoms. The summed E-state index contributed by atoms with van der Waals surface area (Å²) in [4.78, 5) is 11.6. The van der Waals surface area contributed by atoms with E-state index >= 15 is 0 Å². The van der Waals surface area contributed by atoms with E-state index in [4.69, 9.17) is 4.74 Å². The number of methoxy groups -OCH3 is 1. The first-order valence-electron chi connectivity index (χ1n) is 12.1. The maximum atomic E-state index is 11.6. The molecule has 2 N–H and O–H groups in total. The first kappa shape index (κ1) is 21.6. The third-order valence-electron chi connectivity index (χ3n) is 10.5. The Morgan fingerprint density at radius 3 is 2.55 bits per heavy atom. The monoisotopic (exact) mass is 406 g/mol. The molecule has 4 rings (SSSR count). The summed E-state index contributed by atoms with van der Waals surface area (Å²) in [5.74, 6) is 3.36. The van der Waals surface area contributed by atoms with Gasteiger partial charge in [0.2, 0.25) is 0 Å². The lowest BCUT2D eigenvalue weighted by molar-refractivity contribution is -0.175. The first-order valence-corrected chi connectivity index (χ1v) is 12.1. The lowest BCUT2D eigenvalue weighted by Crippen LogP contribution is -2.58. The third kappa shape index (κ3) is 3.37. The second kappa shape index (κ2) is 7.82. The van der Waals surface area contributed by atoms with E-state index in [2.05, 4.69) is 20.8 Å². The van der Waals surface area contributed by atoms with Gasteiger partial charge in [-0.1, -0.05) is 20.8 Å². The average Bonchev–Trinajstić information content (AvgIpc) is 3.06. The highest BCUT2D eigenvalue weighted by Crippen LogP contribution is 2.68. The predicted octanol–water partition coefficient (Wildman–Crippen LogP) is 4.57. The summed E-state index contributed by atoms with van der Waals surface area (Å²) in [7, 11) is 1.46. The molecule has 166 valence electrons. The van der Waals surface area contributed by atoms with Gasteiger partial charge in [-0.3, -0.25) is 4.79 Å². The number of carbonyl (C=O) groups excluding carboxylic acids is 1.